The average Bonchev–Trinajstić information content (AvgIpc) is 3.06. The average molecular weight is 273 g/mol. The molecular formula is C12H14ClFN2O2. The molecule has 1 aliphatic carbocycles. The number of rotatable bonds is 5. The van der Waals surface area contributed by atoms with Gasteiger partial charge in [-0.3, -0.25) is 10.1 Å². The minimum atomic E-state index is -0.650. The lowest BCUT2D eigenvalue weighted by Crippen LogP contribution is -2.16. The Bertz CT molecular complexity index is 477. The van der Waals surface area contributed by atoms with E-state index in [0.29, 0.717) is 5.92 Å². The van der Waals surface area contributed by atoms with E-state index in [4.69, 9.17) is 11.6 Å². The first kappa shape index (κ1) is 13.1. The van der Waals surface area contributed by atoms with Gasteiger partial charge < -0.3 is 5.32 Å². The minimum absolute atomic E-state index is 0.0803. The summed E-state index contributed by atoms with van der Waals surface area (Å²) in [5.74, 6) is 0.0482. The van der Waals surface area contributed by atoms with E-state index >= 15 is 0 Å². The molecule has 4 nitrogen and oxygen atoms in total. The van der Waals surface area contributed by atoms with Gasteiger partial charge in [-0.05, 0) is 19.3 Å². The van der Waals surface area contributed by atoms with Crippen LogP contribution in [-0.4, -0.2) is 11.0 Å². The van der Waals surface area contributed by atoms with E-state index in [1.165, 1.54) is 12.8 Å². The van der Waals surface area contributed by atoms with Crippen molar-refractivity contribution >= 4 is 23.0 Å². The zero-order chi connectivity index (χ0) is 13.3. The van der Waals surface area contributed by atoms with Crippen LogP contribution in [0.5, 0.6) is 0 Å². The summed E-state index contributed by atoms with van der Waals surface area (Å²) in [6.07, 6.45) is 3.37. The first-order chi connectivity index (χ1) is 8.47. The second kappa shape index (κ2) is 5.10. The van der Waals surface area contributed by atoms with E-state index in [1.54, 1.807) is 0 Å². The molecule has 0 amide bonds. The monoisotopic (exact) mass is 272 g/mol. The van der Waals surface area contributed by atoms with Crippen molar-refractivity contribution in [3.8, 4) is 0 Å². The van der Waals surface area contributed by atoms with Crippen molar-refractivity contribution in [3.63, 3.8) is 0 Å². The van der Waals surface area contributed by atoms with Crippen molar-refractivity contribution in [1.82, 2.24) is 0 Å². The number of benzene rings is 1. The Balaban J connectivity index is 2.18. The van der Waals surface area contributed by atoms with E-state index in [-0.39, 0.29) is 22.4 Å². The molecule has 1 unspecified atom stereocenters. The molecule has 1 aromatic rings. The van der Waals surface area contributed by atoms with Crippen LogP contribution in [0, 0.1) is 21.8 Å². The summed E-state index contributed by atoms with van der Waals surface area (Å²) in [6.45, 7) is 1.94. The second-order valence-electron chi connectivity index (χ2n) is 4.77. The molecule has 0 aliphatic heterocycles. The number of nitrogens with one attached hydrogen (secondary N) is 1. The highest BCUT2D eigenvalue weighted by Gasteiger charge is 2.25. The number of hydrogen-bond donors (Lipinski definition) is 1. The molecule has 6 heteroatoms. The van der Waals surface area contributed by atoms with Gasteiger partial charge in [0.05, 0.1) is 9.95 Å². The Hall–Kier alpha value is -1.36. The van der Waals surface area contributed by atoms with Crippen molar-refractivity contribution in [2.24, 2.45) is 5.92 Å². The van der Waals surface area contributed by atoms with Crippen LogP contribution in [0.25, 0.3) is 0 Å². The molecule has 1 N–H and O–H groups in total. The van der Waals surface area contributed by atoms with Gasteiger partial charge in [-0.25, -0.2) is 4.39 Å². The molecule has 1 aliphatic rings. The number of nitro groups is 1. The molecular weight excluding hydrogens is 259 g/mol. The number of nitrogens with zero attached hydrogens (tertiary/aromatic N) is 1. The van der Waals surface area contributed by atoms with E-state index < -0.39 is 10.7 Å². The molecule has 2 rings (SSSR count). The van der Waals surface area contributed by atoms with Crippen LogP contribution in [0.3, 0.4) is 0 Å². The van der Waals surface area contributed by atoms with Crippen LogP contribution in [-0.2, 0) is 0 Å². The normalized spacial score (nSPS) is 16.4. The van der Waals surface area contributed by atoms with Crippen molar-refractivity contribution in [3.05, 3.63) is 33.1 Å². The van der Waals surface area contributed by atoms with Crippen LogP contribution in [0.4, 0.5) is 15.8 Å². The first-order valence-electron chi connectivity index (χ1n) is 5.87. The summed E-state index contributed by atoms with van der Waals surface area (Å²) in [5.41, 5.74) is -0.000836. The van der Waals surface area contributed by atoms with E-state index in [1.807, 2.05) is 6.92 Å². The molecule has 0 bridgehead atoms. The van der Waals surface area contributed by atoms with Gasteiger partial charge in [-0.1, -0.05) is 24.4 Å². The van der Waals surface area contributed by atoms with E-state index in [2.05, 4.69) is 5.32 Å². The van der Waals surface area contributed by atoms with Gasteiger partial charge in [0.15, 0.2) is 0 Å². The zero-order valence-corrected chi connectivity index (χ0v) is 10.7. The highest BCUT2D eigenvalue weighted by atomic mass is 35.5. The maximum atomic E-state index is 13.4. The second-order valence-corrected chi connectivity index (χ2v) is 5.17. The Morgan fingerprint density at radius 2 is 2.28 bits per heavy atom. The van der Waals surface area contributed by atoms with Crippen molar-refractivity contribution in [1.29, 1.82) is 0 Å². The summed E-state index contributed by atoms with van der Waals surface area (Å²) in [6, 6.07) is 2.21. The van der Waals surface area contributed by atoms with Gasteiger partial charge in [-0.2, -0.15) is 0 Å². The Morgan fingerprint density at radius 1 is 1.61 bits per heavy atom. The lowest BCUT2D eigenvalue weighted by atomic mass is 10.1. The fraction of sp³-hybridized carbons (Fsp3) is 0.500. The van der Waals surface area contributed by atoms with Crippen molar-refractivity contribution < 1.29 is 9.31 Å². The number of nitro benzene ring substituents is 1. The topological polar surface area (TPSA) is 55.2 Å². The molecule has 1 aromatic carbocycles. The number of hydrogen-bond acceptors (Lipinski definition) is 3. The molecule has 1 saturated carbocycles. The molecule has 1 atom stereocenters. The summed E-state index contributed by atoms with van der Waals surface area (Å²) in [4.78, 5) is 10.3. The standard InChI is InChI=1S/C12H14ClFN2O2/c1-7(4-8-2-3-8)15-11-6-10(14)9(13)5-12(11)16(17)18/h5-8,15H,2-4H2,1H3. The third kappa shape index (κ3) is 3.10. The van der Waals surface area contributed by atoms with Crippen LogP contribution in [0.2, 0.25) is 5.02 Å². The third-order valence-corrected chi connectivity index (χ3v) is 3.31. The Labute approximate surface area is 109 Å². The molecule has 18 heavy (non-hydrogen) atoms. The van der Waals surface area contributed by atoms with Gasteiger partial charge >= 0.3 is 0 Å². The minimum Gasteiger partial charge on any atom is -0.377 e. The molecule has 0 aromatic heterocycles. The Morgan fingerprint density at radius 3 is 2.83 bits per heavy atom. The van der Waals surface area contributed by atoms with Crippen LogP contribution in [0.15, 0.2) is 12.1 Å². The van der Waals surface area contributed by atoms with Gasteiger partial charge in [0.2, 0.25) is 0 Å². The zero-order valence-electron chi connectivity index (χ0n) is 9.95. The summed E-state index contributed by atoms with van der Waals surface area (Å²) in [7, 11) is 0. The third-order valence-electron chi connectivity index (χ3n) is 3.02. The largest absolute Gasteiger partial charge is 0.377 e. The summed E-state index contributed by atoms with van der Waals surface area (Å²) < 4.78 is 13.4. The van der Waals surface area contributed by atoms with Crippen molar-refractivity contribution in [2.45, 2.75) is 32.2 Å². The maximum absolute atomic E-state index is 13.4. The molecule has 0 radical (unpaired) electrons. The molecule has 0 heterocycles. The van der Waals surface area contributed by atoms with Gasteiger partial charge in [-0.15, -0.1) is 0 Å². The molecule has 98 valence electrons. The molecule has 0 saturated heterocycles. The highest BCUT2D eigenvalue weighted by Crippen LogP contribution is 2.35. The predicted octanol–water partition coefficient (Wildman–Crippen LogP) is 3.99. The smallest absolute Gasteiger partial charge is 0.294 e. The fourth-order valence-electron chi connectivity index (χ4n) is 1.98. The molecule has 1 fully saturated rings. The maximum Gasteiger partial charge on any atom is 0.294 e. The predicted molar refractivity (Wildman–Crippen MR) is 68.5 cm³/mol. The van der Waals surface area contributed by atoms with E-state index in [0.717, 1.165) is 18.6 Å². The summed E-state index contributed by atoms with van der Waals surface area (Å²) in [5, 5.41) is 13.6. The number of anilines is 1. The quantitative estimate of drug-likeness (QED) is 0.651. The molecule has 0 spiro atoms. The van der Waals surface area contributed by atoms with Gasteiger partial charge in [0.25, 0.3) is 5.69 Å². The number of halogens is 2. The lowest BCUT2D eigenvalue weighted by Gasteiger charge is -2.15. The Kier molecular flexibility index (Phi) is 3.71. The first-order valence-corrected chi connectivity index (χ1v) is 6.25. The van der Waals surface area contributed by atoms with Crippen molar-refractivity contribution in [2.75, 3.05) is 5.32 Å². The van der Waals surface area contributed by atoms with Crippen LogP contribution >= 0.6 is 11.6 Å². The fourth-order valence-corrected chi connectivity index (χ4v) is 2.14. The summed E-state index contributed by atoms with van der Waals surface area (Å²) >= 11 is 5.55. The van der Waals surface area contributed by atoms with E-state index in [9.17, 15) is 14.5 Å². The van der Waals surface area contributed by atoms with Gasteiger partial charge in [0.1, 0.15) is 11.5 Å². The lowest BCUT2D eigenvalue weighted by molar-refractivity contribution is -0.384. The SMILES string of the molecule is CC(CC1CC1)Nc1cc(F)c(Cl)cc1[N+](=O)[O-]. The van der Waals surface area contributed by atoms with Gasteiger partial charge in [0, 0.05) is 18.2 Å². The highest BCUT2D eigenvalue weighted by molar-refractivity contribution is 6.31. The van der Waals surface area contributed by atoms with Crippen LogP contribution in [0.1, 0.15) is 26.2 Å². The van der Waals surface area contributed by atoms with Crippen LogP contribution < -0.4 is 5.32 Å².